The Kier molecular flexibility index (Phi) is 2.66. The summed E-state index contributed by atoms with van der Waals surface area (Å²) >= 11 is 0. The van der Waals surface area contributed by atoms with Crippen LogP contribution in [0.5, 0.6) is 5.75 Å². The normalized spacial score (nSPS) is 9.50. The fraction of sp³-hybridized carbons (Fsp3) is 0.125. The van der Waals surface area contributed by atoms with Crippen molar-refractivity contribution in [2.45, 2.75) is 6.92 Å². The first kappa shape index (κ1) is 9.97. The molecule has 6 heteroatoms. The lowest BCUT2D eigenvalue weighted by molar-refractivity contribution is -0.727. The van der Waals surface area contributed by atoms with E-state index in [0.717, 1.165) is 0 Å². The van der Waals surface area contributed by atoms with Crippen molar-refractivity contribution in [3.05, 3.63) is 39.4 Å². The lowest BCUT2D eigenvalue weighted by Gasteiger charge is -2.03. The summed E-state index contributed by atoms with van der Waals surface area (Å²) in [4.78, 5) is 24.7. The Bertz CT molecular complexity index is 387. The zero-order valence-electron chi connectivity index (χ0n) is 7.26. The molecule has 0 saturated carbocycles. The van der Waals surface area contributed by atoms with Gasteiger partial charge in [0.15, 0.2) is 0 Å². The maximum Gasteiger partial charge on any atom is 0.334 e. The van der Waals surface area contributed by atoms with Gasteiger partial charge in [0.1, 0.15) is 5.75 Å². The first-order chi connectivity index (χ1) is 6.52. The van der Waals surface area contributed by atoms with E-state index in [-0.39, 0.29) is 16.9 Å². The van der Waals surface area contributed by atoms with Crippen LogP contribution >= 0.6 is 0 Å². The van der Waals surface area contributed by atoms with Crippen LogP contribution in [0.25, 0.3) is 0 Å². The van der Waals surface area contributed by atoms with E-state index in [1.807, 2.05) is 0 Å². The van der Waals surface area contributed by atoms with Gasteiger partial charge in [-0.2, -0.15) is 0 Å². The number of nitrogens with zero attached hydrogens (tertiary/aromatic N) is 1. The third-order valence-corrected chi connectivity index (χ3v) is 1.68. The first-order valence-corrected chi connectivity index (χ1v) is 3.67. The van der Waals surface area contributed by atoms with Gasteiger partial charge in [-0.05, 0) is 19.1 Å². The Morgan fingerprint density at radius 3 is 2.79 bits per heavy atom. The number of rotatable bonds is 2. The predicted molar refractivity (Wildman–Crippen MR) is 45.3 cm³/mol. The van der Waals surface area contributed by atoms with Crippen molar-refractivity contribution in [1.29, 1.82) is 0 Å². The molecule has 1 N–H and O–H groups in total. The summed E-state index contributed by atoms with van der Waals surface area (Å²) in [5.41, 5.74) is 0.223. The number of carbonyl (C=O) groups excluding carboxylic acids is 1. The molecular formula is C8H7NO5. The summed E-state index contributed by atoms with van der Waals surface area (Å²) in [7, 11) is 0. The Morgan fingerprint density at radius 2 is 2.21 bits per heavy atom. The highest BCUT2D eigenvalue weighted by atomic mass is 17.0. The number of hydrogen-bond acceptors (Lipinski definition) is 5. The third-order valence-electron chi connectivity index (χ3n) is 1.68. The number of benzene rings is 1. The fourth-order valence-electron chi connectivity index (χ4n) is 0.961. The Morgan fingerprint density at radius 1 is 1.57 bits per heavy atom. The van der Waals surface area contributed by atoms with Crippen molar-refractivity contribution in [2.75, 3.05) is 0 Å². The van der Waals surface area contributed by atoms with Crippen LogP contribution in [-0.2, 0) is 4.84 Å². The first-order valence-electron chi connectivity index (χ1n) is 3.67. The third kappa shape index (κ3) is 1.98. The van der Waals surface area contributed by atoms with Gasteiger partial charge in [0, 0.05) is 5.56 Å². The van der Waals surface area contributed by atoms with Crippen LogP contribution in [0.2, 0.25) is 0 Å². The van der Waals surface area contributed by atoms with Gasteiger partial charge in [0.05, 0.1) is 5.56 Å². The molecule has 0 unspecified atom stereocenters. The van der Waals surface area contributed by atoms with E-state index >= 15 is 0 Å². The largest absolute Gasteiger partial charge is 0.508 e. The average molecular weight is 197 g/mol. The van der Waals surface area contributed by atoms with Crippen LogP contribution in [0.3, 0.4) is 0 Å². The Balaban J connectivity index is 3.01. The molecule has 74 valence electrons. The highest BCUT2D eigenvalue weighted by molar-refractivity contribution is 5.91. The quantitative estimate of drug-likeness (QED) is 0.565. The molecule has 0 aromatic heterocycles. The molecule has 1 aromatic carbocycles. The molecule has 0 atom stereocenters. The minimum atomic E-state index is -1.19. The molecule has 6 nitrogen and oxygen atoms in total. The SMILES string of the molecule is Cc1c(O)cccc1C(=O)O[N+](=O)[O-]. The summed E-state index contributed by atoms with van der Waals surface area (Å²) in [6, 6.07) is 4.11. The smallest absolute Gasteiger partial charge is 0.334 e. The van der Waals surface area contributed by atoms with Crippen molar-refractivity contribution >= 4 is 5.97 Å². The van der Waals surface area contributed by atoms with E-state index in [2.05, 4.69) is 4.84 Å². The second-order valence-electron chi connectivity index (χ2n) is 2.55. The molecule has 0 radical (unpaired) electrons. The highest BCUT2D eigenvalue weighted by Crippen LogP contribution is 2.19. The maximum absolute atomic E-state index is 11.1. The summed E-state index contributed by atoms with van der Waals surface area (Å²) < 4.78 is 0. The molecular weight excluding hydrogens is 190 g/mol. The molecule has 0 aliphatic carbocycles. The lowest BCUT2D eigenvalue weighted by atomic mass is 10.1. The summed E-state index contributed by atoms with van der Waals surface area (Å²) in [5, 5.41) is 17.9. The van der Waals surface area contributed by atoms with Gasteiger partial charge in [-0.1, -0.05) is 6.07 Å². The number of phenols is 1. The monoisotopic (exact) mass is 197 g/mol. The van der Waals surface area contributed by atoms with Crippen molar-refractivity contribution in [2.24, 2.45) is 0 Å². The van der Waals surface area contributed by atoms with Gasteiger partial charge in [-0.25, -0.2) is 4.84 Å². The van der Waals surface area contributed by atoms with Gasteiger partial charge in [-0.15, -0.1) is 10.1 Å². The molecule has 0 spiro atoms. The molecule has 0 saturated heterocycles. The van der Waals surface area contributed by atoms with Crippen molar-refractivity contribution < 1.29 is 19.8 Å². The molecule has 1 rings (SSSR count). The van der Waals surface area contributed by atoms with Gasteiger partial charge in [0.2, 0.25) is 0 Å². The van der Waals surface area contributed by atoms with Gasteiger partial charge < -0.3 is 5.11 Å². The zero-order chi connectivity index (χ0) is 10.7. The van der Waals surface area contributed by atoms with Gasteiger partial charge in [-0.3, -0.25) is 4.79 Å². The van der Waals surface area contributed by atoms with Crippen LogP contribution in [0, 0.1) is 17.0 Å². The highest BCUT2D eigenvalue weighted by Gasteiger charge is 2.14. The van der Waals surface area contributed by atoms with E-state index in [1.165, 1.54) is 25.1 Å². The summed E-state index contributed by atoms with van der Waals surface area (Å²) in [5.74, 6) is -1.20. The van der Waals surface area contributed by atoms with E-state index in [4.69, 9.17) is 0 Å². The van der Waals surface area contributed by atoms with Gasteiger partial charge in [0.25, 0.3) is 0 Å². The Labute approximate surface area is 78.8 Å². The van der Waals surface area contributed by atoms with E-state index in [9.17, 15) is 20.0 Å². The topological polar surface area (TPSA) is 89.7 Å². The maximum atomic E-state index is 11.1. The standard InChI is InChI=1S/C8H7NO5/c1-5-6(3-2-4-7(5)10)8(11)14-9(12)13/h2-4,10H,1H3. The second kappa shape index (κ2) is 3.73. The average Bonchev–Trinajstić information content (AvgIpc) is 2.08. The molecule has 0 heterocycles. The molecule has 0 amide bonds. The molecule has 0 aliphatic rings. The number of phenolic OH excluding ortho intramolecular Hbond substituents is 1. The van der Waals surface area contributed by atoms with Crippen molar-refractivity contribution in [3.63, 3.8) is 0 Å². The van der Waals surface area contributed by atoms with Crippen LogP contribution < -0.4 is 0 Å². The van der Waals surface area contributed by atoms with E-state index < -0.39 is 11.1 Å². The molecule has 0 aliphatic heterocycles. The molecule has 1 aromatic rings. The van der Waals surface area contributed by atoms with E-state index in [1.54, 1.807) is 0 Å². The van der Waals surface area contributed by atoms with Crippen LogP contribution in [-0.4, -0.2) is 16.2 Å². The van der Waals surface area contributed by atoms with Crippen molar-refractivity contribution in [1.82, 2.24) is 0 Å². The van der Waals surface area contributed by atoms with Crippen molar-refractivity contribution in [3.8, 4) is 5.75 Å². The summed E-state index contributed by atoms with van der Waals surface area (Å²) in [6.45, 7) is 1.46. The molecule has 0 fully saturated rings. The zero-order valence-corrected chi connectivity index (χ0v) is 7.26. The van der Waals surface area contributed by atoms with Gasteiger partial charge >= 0.3 is 11.1 Å². The Hall–Kier alpha value is -2.11. The second-order valence-corrected chi connectivity index (χ2v) is 2.55. The van der Waals surface area contributed by atoms with E-state index in [0.29, 0.717) is 0 Å². The number of hydrogen-bond donors (Lipinski definition) is 1. The minimum Gasteiger partial charge on any atom is -0.508 e. The van der Waals surface area contributed by atoms with Crippen LogP contribution in [0.1, 0.15) is 15.9 Å². The van der Waals surface area contributed by atoms with Crippen LogP contribution in [0.4, 0.5) is 0 Å². The molecule has 14 heavy (non-hydrogen) atoms. The number of carbonyl (C=O) groups is 1. The molecule has 0 bridgehead atoms. The minimum absolute atomic E-state index is 0.0262. The number of aromatic hydroxyl groups is 1. The lowest BCUT2D eigenvalue weighted by Crippen LogP contribution is -2.11. The summed E-state index contributed by atoms with van der Waals surface area (Å²) in [6.07, 6.45) is 0. The fourth-order valence-corrected chi connectivity index (χ4v) is 0.961. The van der Waals surface area contributed by atoms with Crippen LogP contribution in [0.15, 0.2) is 18.2 Å². The predicted octanol–water partition coefficient (Wildman–Crippen LogP) is 1.05.